The van der Waals surface area contributed by atoms with Crippen molar-refractivity contribution in [2.24, 2.45) is 0 Å². The predicted molar refractivity (Wildman–Crippen MR) is 71.0 cm³/mol. The number of nitriles is 1. The second kappa shape index (κ2) is 4.09. The van der Waals surface area contributed by atoms with E-state index in [1.807, 2.05) is 11.4 Å². The van der Waals surface area contributed by atoms with Crippen molar-refractivity contribution in [3.8, 4) is 6.07 Å². The molecular formula is C10H6INS2. The van der Waals surface area contributed by atoms with Gasteiger partial charge in [0.05, 0.1) is 5.56 Å². The van der Waals surface area contributed by atoms with Gasteiger partial charge < -0.3 is 0 Å². The Morgan fingerprint density at radius 1 is 1.57 bits per heavy atom. The predicted octanol–water partition coefficient (Wildman–Crippen LogP) is 4.10. The van der Waals surface area contributed by atoms with Gasteiger partial charge in [-0.2, -0.15) is 5.26 Å². The van der Waals surface area contributed by atoms with Crippen LogP contribution in [0.3, 0.4) is 0 Å². The maximum atomic E-state index is 9.04. The molecule has 0 saturated heterocycles. The summed E-state index contributed by atoms with van der Waals surface area (Å²) in [6.45, 7) is 0. The first kappa shape index (κ1) is 10.3. The smallest absolute Gasteiger partial charge is 0.101 e. The molecule has 4 heteroatoms. The van der Waals surface area contributed by atoms with Gasteiger partial charge in [-0.1, -0.05) is 0 Å². The Balaban J connectivity index is 2.90. The van der Waals surface area contributed by atoms with Crippen LogP contribution in [0.4, 0.5) is 0 Å². The largest absolute Gasteiger partial charge is 0.192 e. The number of hydrogen-bond donors (Lipinski definition) is 0. The topological polar surface area (TPSA) is 23.8 Å². The number of halogens is 1. The van der Waals surface area contributed by atoms with E-state index in [-0.39, 0.29) is 0 Å². The molecule has 0 N–H and O–H groups in total. The van der Waals surface area contributed by atoms with E-state index >= 15 is 0 Å². The number of rotatable bonds is 1. The van der Waals surface area contributed by atoms with Gasteiger partial charge in [-0.25, -0.2) is 0 Å². The number of benzene rings is 1. The van der Waals surface area contributed by atoms with Gasteiger partial charge in [-0.3, -0.25) is 0 Å². The summed E-state index contributed by atoms with van der Waals surface area (Å²) >= 11 is 5.66. The monoisotopic (exact) mass is 331 g/mol. The van der Waals surface area contributed by atoms with Crippen LogP contribution in [0.25, 0.3) is 10.1 Å². The molecule has 0 aliphatic heterocycles. The second-order valence-corrected chi connectivity index (χ2v) is 5.64. The first-order valence-corrected chi connectivity index (χ1v) is 7.10. The summed E-state index contributed by atoms with van der Waals surface area (Å²) in [5, 5.41) is 12.2. The lowest BCUT2D eigenvalue weighted by Gasteiger charge is -2.02. The zero-order chi connectivity index (χ0) is 10.1. The van der Waals surface area contributed by atoms with Crippen LogP contribution in [-0.2, 0) is 0 Å². The average Bonchev–Trinajstić information content (AvgIpc) is 2.65. The molecule has 14 heavy (non-hydrogen) atoms. The van der Waals surface area contributed by atoms with Gasteiger partial charge in [0.2, 0.25) is 0 Å². The maximum Gasteiger partial charge on any atom is 0.101 e. The summed E-state index contributed by atoms with van der Waals surface area (Å²) in [5.74, 6) is 0. The number of nitrogens with zero attached hydrogens (tertiary/aromatic N) is 1. The van der Waals surface area contributed by atoms with Crippen molar-refractivity contribution in [1.29, 1.82) is 5.26 Å². The molecular weight excluding hydrogens is 325 g/mol. The summed E-state index contributed by atoms with van der Waals surface area (Å²) in [4.78, 5) is 1.26. The molecule has 0 aliphatic carbocycles. The molecule has 0 bridgehead atoms. The lowest BCUT2D eigenvalue weighted by molar-refractivity contribution is 1.46. The van der Waals surface area contributed by atoms with E-state index in [1.165, 1.54) is 9.60 Å². The fourth-order valence-corrected chi connectivity index (χ4v) is 4.02. The Morgan fingerprint density at radius 2 is 2.36 bits per heavy atom. The molecule has 1 aromatic heterocycles. The molecule has 70 valence electrons. The van der Waals surface area contributed by atoms with Gasteiger partial charge in [0.1, 0.15) is 6.07 Å². The van der Waals surface area contributed by atoms with E-state index in [0.29, 0.717) is 0 Å². The quantitative estimate of drug-likeness (QED) is 0.580. The van der Waals surface area contributed by atoms with Crippen LogP contribution in [-0.4, -0.2) is 6.26 Å². The number of thiophene rings is 1. The van der Waals surface area contributed by atoms with Crippen molar-refractivity contribution in [3.63, 3.8) is 0 Å². The summed E-state index contributed by atoms with van der Waals surface area (Å²) in [6, 6.07) is 6.38. The molecule has 0 saturated carbocycles. The van der Waals surface area contributed by atoms with Gasteiger partial charge in [-0.15, -0.1) is 23.1 Å². The van der Waals surface area contributed by atoms with Crippen LogP contribution in [0, 0.1) is 14.9 Å². The van der Waals surface area contributed by atoms with E-state index in [0.717, 1.165) is 14.5 Å². The van der Waals surface area contributed by atoms with Gasteiger partial charge in [0.25, 0.3) is 0 Å². The Morgan fingerprint density at radius 3 is 3.00 bits per heavy atom. The second-order valence-electron chi connectivity index (χ2n) is 2.71. The summed E-state index contributed by atoms with van der Waals surface area (Å²) in [6.07, 6.45) is 2.07. The van der Waals surface area contributed by atoms with Crippen LogP contribution in [0.5, 0.6) is 0 Å². The fourth-order valence-electron chi connectivity index (χ4n) is 1.34. The lowest BCUT2D eigenvalue weighted by atomic mass is 10.1. The molecule has 0 fully saturated rings. The minimum atomic E-state index is 0.805. The highest BCUT2D eigenvalue weighted by Gasteiger charge is 2.10. The Kier molecular flexibility index (Phi) is 3.00. The standard InChI is InChI=1S/C10H6INS2/c1-13-9-4-8(11)7(5-12)6-2-3-14-10(6)9/h2-4H,1H3. The molecule has 0 spiro atoms. The van der Waals surface area contributed by atoms with Crippen LogP contribution in [0.1, 0.15) is 5.56 Å². The Hall–Kier alpha value is -0.250. The SMILES string of the molecule is CSc1cc(I)c(C#N)c2ccsc12. The number of thioether (sulfide) groups is 1. The molecule has 0 unspecified atom stereocenters. The Labute approximate surface area is 104 Å². The van der Waals surface area contributed by atoms with Gasteiger partial charge in [0, 0.05) is 18.6 Å². The van der Waals surface area contributed by atoms with E-state index in [9.17, 15) is 0 Å². The number of hydrogen-bond acceptors (Lipinski definition) is 3. The third-order valence-corrected chi connectivity index (χ3v) is 4.68. The van der Waals surface area contributed by atoms with Crippen LogP contribution in [0.15, 0.2) is 22.4 Å². The van der Waals surface area contributed by atoms with Gasteiger partial charge in [-0.05, 0) is 46.4 Å². The fraction of sp³-hybridized carbons (Fsp3) is 0.100. The van der Waals surface area contributed by atoms with Crippen LogP contribution < -0.4 is 0 Å². The van der Waals surface area contributed by atoms with Crippen molar-refractivity contribution in [2.45, 2.75) is 4.90 Å². The normalized spacial score (nSPS) is 10.4. The first-order valence-electron chi connectivity index (χ1n) is 3.91. The molecule has 0 radical (unpaired) electrons. The maximum absolute atomic E-state index is 9.04. The molecule has 0 atom stereocenters. The molecule has 1 nitrogen and oxygen atoms in total. The summed E-state index contributed by atoms with van der Waals surface area (Å²) in [5.41, 5.74) is 0.805. The minimum Gasteiger partial charge on any atom is -0.192 e. The Bertz CT molecular complexity index is 525. The average molecular weight is 331 g/mol. The van der Waals surface area contributed by atoms with E-state index in [1.54, 1.807) is 23.1 Å². The summed E-state index contributed by atoms with van der Waals surface area (Å²) < 4.78 is 2.27. The molecule has 2 aromatic rings. The third-order valence-electron chi connectivity index (χ3n) is 1.99. The molecule has 0 amide bonds. The zero-order valence-corrected chi connectivity index (χ0v) is 11.2. The third kappa shape index (κ3) is 1.53. The van der Waals surface area contributed by atoms with E-state index < -0.39 is 0 Å². The number of fused-ring (bicyclic) bond motifs is 1. The van der Waals surface area contributed by atoms with Crippen LogP contribution in [0.2, 0.25) is 0 Å². The van der Waals surface area contributed by atoms with E-state index in [2.05, 4.69) is 41.0 Å². The molecule has 1 aromatic carbocycles. The van der Waals surface area contributed by atoms with Crippen LogP contribution >= 0.6 is 45.7 Å². The molecule has 2 rings (SSSR count). The molecule has 0 aliphatic rings. The van der Waals surface area contributed by atoms with Gasteiger partial charge in [0.15, 0.2) is 0 Å². The highest BCUT2D eigenvalue weighted by atomic mass is 127. The van der Waals surface area contributed by atoms with Crippen molar-refractivity contribution >= 4 is 55.8 Å². The van der Waals surface area contributed by atoms with Crippen molar-refractivity contribution in [1.82, 2.24) is 0 Å². The van der Waals surface area contributed by atoms with Gasteiger partial charge >= 0.3 is 0 Å². The summed E-state index contributed by atoms with van der Waals surface area (Å²) in [7, 11) is 0. The first-order chi connectivity index (χ1) is 6.77. The zero-order valence-electron chi connectivity index (χ0n) is 7.37. The molecule has 1 heterocycles. The highest BCUT2D eigenvalue weighted by molar-refractivity contribution is 14.1. The van der Waals surface area contributed by atoms with Crippen molar-refractivity contribution in [3.05, 3.63) is 26.6 Å². The van der Waals surface area contributed by atoms with Crippen molar-refractivity contribution < 1.29 is 0 Å². The minimum absolute atomic E-state index is 0.805. The lowest BCUT2D eigenvalue weighted by Crippen LogP contribution is -1.84. The van der Waals surface area contributed by atoms with E-state index in [4.69, 9.17) is 5.26 Å². The van der Waals surface area contributed by atoms with Crippen molar-refractivity contribution in [2.75, 3.05) is 6.26 Å². The highest BCUT2D eigenvalue weighted by Crippen LogP contribution is 2.35.